The molecule has 0 aromatic carbocycles. The number of rotatable bonds is 2. The molecule has 1 amide bonds. The van der Waals surface area contributed by atoms with Gasteiger partial charge in [-0.25, -0.2) is 9.78 Å². The van der Waals surface area contributed by atoms with Crippen molar-refractivity contribution < 1.29 is 14.7 Å². The highest BCUT2D eigenvalue weighted by molar-refractivity contribution is 9.10. The van der Waals surface area contributed by atoms with E-state index in [-0.39, 0.29) is 5.91 Å². The van der Waals surface area contributed by atoms with E-state index in [1.54, 1.807) is 18.3 Å². The van der Waals surface area contributed by atoms with E-state index in [9.17, 15) is 9.59 Å². The van der Waals surface area contributed by atoms with Gasteiger partial charge in [0.1, 0.15) is 10.6 Å². The van der Waals surface area contributed by atoms with E-state index in [1.807, 2.05) is 0 Å². The summed E-state index contributed by atoms with van der Waals surface area (Å²) in [4.78, 5) is 28.9. The molecular weight excluding hydrogens is 300 g/mol. The monoisotopic (exact) mass is 312 g/mol. The first kappa shape index (κ1) is 13.0. The van der Waals surface area contributed by atoms with Gasteiger partial charge in [-0.1, -0.05) is 0 Å². The second-order valence-electron chi connectivity index (χ2n) is 4.19. The van der Waals surface area contributed by atoms with Crippen LogP contribution in [0.5, 0.6) is 0 Å². The van der Waals surface area contributed by atoms with Gasteiger partial charge in [0.05, 0.1) is 5.56 Å². The maximum Gasteiger partial charge on any atom is 0.326 e. The van der Waals surface area contributed by atoms with Crippen molar-refractivity contribution in [2.45, 2.75) is 25.3 Å². The highest BCUT2D eigenvalue weighted by Gasteiger charge is 2.33. The van der Waals surface area contributed by atoms with Crippen LogP contribution < -0.4 is 0 Å². The number of aromatic nitrogens is 1. The van der Waals surface area contributed by atoms with E-state index in [1.165, 1.54) is 4.90 Å². The van der Waals surface area contributed by atoms with Crippen molar-refractivity contribution in [2.75, 3.05) is 6.54 Å². The van der Waals surface area contributed by atoms with Gasteiger partial charge in [0.2, 0.25) is 0 Å². The van der Waals surface area contributed by atoms with E-state index in [4.69, 9.17) is 5.11 Å². The fourth-order valence-electron chi connectivity index (χ4n) is 2.13. The van der Waals surface area contributed by atoms with Gasteiger partial charge in [0.15, 0.2) is 0 Å². The number of likely N-dealkylation sites (tertiary alicyclic amines) is 1. The molecule has 96 valence electrons. The number of hydrogen-bond donors (Lipinski definition) is 1. The molecule has 18 heavy (non-hydrogen) atoms. The van der Waals surface area contributed by atoms with Crippen molar-refractivity contribution in [3.05, 3.63) is 28.5 Å². The van der Waals surface area contributed by atoms with Gasteiger partial charge >= 0.3 is 5.97 Å². The predicted octanol–water partition coefficient (Wildman–Crippen LogP) is 1.92. The van der Waals surface area contributed by atoms with Crippen LogP contribution >= 0.6 is 15.9 Å². The lowest BCUT2D eigenvalue weighted by atomic mass is 10.0. The van der Waals surface area contributed by atoms with Crippen molar-refractivity contribution in [3.8, 4) is 0 Å². The van der Waals surface area contributed by atoms with Gasteiger partial charge in [0, 0.05) is 12.7 Å². The fourth-order valence-corrected chi connectivity index (χ4v) is 2.55. The van der Waals surface area contributed by atoms with Crippen LogP contribution in [0.2, 0.25) is 0 Å². The highest BCUT2D eigenvalue weighted by Crippen LogP contribution is 2.22. The molecular formula is C12H13BrN2O3. The third kappa shape index (κ3) is 2.53. The van der Waals surface area contributed by atoms with E-state index in [2.05, 4.69) is 20.9 Å². The molecule has 1 fully saturated rings. The summed E-state index contributed by atoms with van der Waals surface area (Å²) in [7, 11) is 0. The van der Waals surface area contributed by atoms with Crippen molar-refractivity contribution in [1.29, 1.82) is 0 Å². The molecule has 1 aromatic heterocycles. The van der Waals surface area contributed by atoms with Crippen LogP contribution in [0.25, 0.3) is 0 Å². The predicted molar refractivity (Wildman–Crippen MR) is 68.2 cm³/mol. The largest absolute Gasteiger partial charge is 0.480 e. The molecule has 1 aliphatic heterocycles. The molecule has 0 bridgehead atoms. The Labute approximate surface area is 113 Å². The molecule has 0 spiro atoms. The Hall–Kier alpha value is -1.43. The Kier molecular flexibility index (Phi) is 3.96. The molecule has 6 heteroatoms. The minimum Gasteiger partial charge on any atom is -0.480 e. The van der Waals surface area contributed by atoms with Crippen molar-refractivity contribution in [1.82, 2.24) is 9.88 Å². The Morgan fingerprint density at radius 3 is 2.89 bits per heavy atom. The maximum atomic E-state index is 12.3. The van der Waals surface area contributed by atoms with Gasteiger partial charge < -0.3 is 10.0 Å². The van der Waals surface area contributed by atoms with Crippen LogP contribution in [0.15, 0.2) is 22.9 Å². The lowest BCUT2D eigenvalue weighted by Crippen LogP contribution is -2.48. The summed E-state index contributed by atoms with van der Waals surface area (Å²) in [5.41, 5.74) is 0.408. The highest BCUT2D eigenvalue weighted by atomic mass is 79.9. The van der Waals surface area contributed by atoms with Crippen molar-refractivity contribution in [3.63, 3.8) is 0 Å². The molecule has 1 N–H and O–H groups in total. The Balaban J connectivity index is 2.27. The molecule has 2 heterocycles. The number of piperidine rings is 1. The fraction of sp³-hybridized carbons (Fsp3) is 0.417. The van der Waals surface area contributed by atoms with Gasteiger partial charge in [-0.2, -0.15) is 0 Å². The smallest absolute Gasteiger partial charge is 0.326 e. The zero-order chi connectivity index (χ0) is 13.1. The zero-order valence-corrected chi connectivity index (χ0v) is 11.3. The first-order valence-electron chi connectivity index (χ1n) is 5.75. The summed E-state index contributed by atoms with van der Waals surface area (Å²) >= 11 is 3.21. The molecule has 0 unspecified atom stereocenters. The van der Waals surface area contributed by atoms with Crippen LogP contribution in [0, 0.1) is 0 Å². The summed E-state index contributed by atoms with van der Waals surface area (Å²) in [6.07, 6.45) is 3.77. The summed E-state index contributed by atoms with van der Waals surface area (Å²) in [6.45, 7) is 0.483. The molecule has 0 aliphatic carbocycles. The van der Waals surface area contributed by atoms with Crippen LogP contribution in [-0.2, 0) is 4.79 Å². The topological polar surface area (TPSA) is 70.5 Å². The average molecular weight is 313 g/mol. The minimum atomic E-state index is -0.942. The minimum absolute atomic E-state index is 0.276. The molecule has 1 aliphatic rings. The van der Waals surface area contributed by atoms with Crippen molar-refractivity contribution >= 4 is 27.8 Å². The third-order valence-electron chi connectivity index (χ3n) is 3.04. The number of carboxylic acids is 1. The van der Waals surface area contributed by atoms with Crippen LogP contribution in [0.4, 0.5) is 0 Å². The molecule has 1 aromatic rings. The van der Waals surface area contributed by atoms with Gasteiger partial charge in [-0.05, 0) is 47.3 Å². The second-order valence-corrected chi connectivity index (χ2v) is 4.94. The number of hydrogen-bond acceptors (Lipinski definition) is 3. The number of halogens is 1. The standard InChI is InChI=1S/C12H13BrN2O3/c13-10-8(4-3-6-14-10)11(16)15-7-2-1-5-9(15)12(17)18/h3-4,6,9H,1-2,5,7H2,(H,17,18)/t9-/m1/s1. The number of carbonyl (C=O) groups is 2. The van der Waals surface area contributed by atoms with Gasteiger partial charge in [0.25, 0.3) is 5.91 Å². The van der Waals surface area contributed by atoms with Crippen molar-refractivity contribution in [2.24, 2.45) is 0 Å². The number of pyridine rings is 1. The number of amides is 1. The van der Waals surface area contributed by atoms with Gasteiger partial charge in [-0.15, -0.1) is 0 Å². The number of nitrogens with zero attached hydrogens (tertiary/aromatic N) is 2. The molecule has 5 nitrogen and oxygen atoms in total. The summed E-state index contributed by atoms with van der Waals surface area (Å²) in [5.74, 6) is -1.22. The molecule has 1 atom stereocenters. The van der Waals surface area contributed by atoms with E-state index in [0.717, 1.165) is 12.8 Å². The SMILES string of the molecule is O=C(O)[C@H]1CCCCN1C(=O)c1cccnc1Br. The summed E-state index contributed by atoms with van der Waals surface area (Å²) in [6, 6.07) is 2.59. The number of carbonyl (C=O) groups excluding carboxylic acids is 1. The quantitative estimate of drug-likeness (QED) is 0.847. The third-order valence-corrected chi connectivity index (χ3v) is 3.67. The van der Waals surface area contributed by atoms with Gasteiger partial charge in [-0.3, -0.25) is 4.79 Å². The normalized spacial score (nSPS) is 19.6. The van der Waals surface area contributed by atoms with E-state index >= 15 is 0 Å². The lowest BCUT2D eigenvalue weighted by molar-refractivity contribution is -0.143. The molecule has 0 saturated carbocycles. The molecule has 2 rings (SSSR count). The first-order valence-corrected chi connectivity index (χ1v) is 6.55. The van der Waals surface area contributed by atoms with Crippen LogP contribution in [0.1, 0.15) is 29.6 Å². The summed E-state index contributed by atoms with van der Waals surface area (Å²) < 4.78 is 0.449. The molecule has 1 saturated heterocycles. The summed E-state index contributed by atoms with van der Waals surface area (Å²) in [5, 5.41) is 9.15. The average Bonchev–Trinajstić information content (AvgIpc) is 2.38. The number of aliphatic carboxylic acids is 1. The Morgan fingerprint density at radius 1 is 1.44 bits per heavy atom. The Bertz CT molecular complexity index is 478. The maximum absolute atomic E-state index is 12.3. The zero-order valence-electron chi connectivity index (χ0n) is 9.67. The number of carboxylic acid groups (broad SMARTS) is 1. The first-order chi connectivity index (χ1) is 8.61. The van der Waals surface area contributed by atoms with Crippen LogP contribution in [-0.4, -0.2) is 39.5 Å². The van der Waals surface area contributed by atoms with E-state index < -0.39 is 12.0 Å². The lowest BCUT2D eigenvalue weighted by Gasteiger charge is -2.33. The second kappa shape index (κ2) is 5.48. The van der Waals surface area contributed by atoms with Crippen LogP contribution in [0.3, 0.4) is 0 Å². The van der Waals surface area contributed by atoms with E-state index in [0.29, 0.717) is 23.1 Å². The molecule has 0 radical (unpaired) electrons. The Morgan fingerprint density at radius 2 is 2.22 bits per heavy atom.